The van der Waals surface area contributed by atoms with Crippen LogP contribution < -0.4 is 0 Å². The highest BCUT2D eigenvalue weighted by Crippen LogP contribution is 2.30. The number of thioether (sulfide) groups is 1. The van der Waals surface area contributed by atoms with Crippen LogP contribution in [-0.2, 0) is 16.5 Å². The summed E-state index contributed by atoms with van der Waals surface area (Å²) in [7, 11) is -4.14. The van der Waals surface area contributed by atoms with Gasteiger partial charge in [0.2, 0.25) is 0 Å². The maximum atomic E-state index is 11.2. The van der Waals surface area contributed by atoms with E-state index in [1.807, 2.05) is 17.8 Å². The van der Waals surface area contributed by atoms with Crippen molar-refractivity contribution in [3.05, 3.63) is 95.6 Å². The standard InChI is InChI=1S/C23H24O3S2/c1-18-6-5-9-22(16-18)27-17-21(20-7-3-2-4-8-20)13-10-19-11-14-23(15-12-19)28(24,25)26/h2-9,11-12,14-16,21H,10,13,17H2,1H3,(H,24,25,26). The third-order valence-corrected chi connectivity index (χ3v) is 6.74. The average molecular weight is 413 g/mol. The molecule has 0 aliphatic carbocycles. The van der Waals surface area contributed by atoms with Crippen molar-refractivity contribution in [2.75, 3.05) is 5.75 Å². The van der Waals surface area contributed by atoms with Gasteiger partial charge in [0.05, 0.1) is 4.90 Å². The minimum atomic E-state index is -4.14. The van der Waals surface area contributed by atoms with Crippen molar-refractivity contribution in [3.63, 3.8) is 0 Å². The van der Waals surface area contributed by atoms with Crippen molar-refractivity contribution in [1.29, 1.82) is 0 Å². The lowest BCUT2D eigenvalue weighted by Gasteiger charge is -2.17. The quantitative estimate of drug-likeness (QED) is 0.378. The first-order chi connectivity index (χ1) is 13.4. The molecule has 0 bridgehead atoms. The fraction of sp³-hybridized carbons (Fsp3) is 0.217. The summed E-state index contributed by atoms with van der Waals surface area (Å²) in [5.41, 5.74) is 3.64. The molecule has 0 saturated heterocycles. The monoisotopic (exact) mass is 412 g/mol. The Hall–Kier alpha value is -2.08. The first-order valence-electron chi connectivity index (χ1n) is 9.22. The summed E-state index contributed by atoms with van der Waals surface area (Å²) in [5, 5.41) is 0. The van der Waals surface area contributed by atoms with E-state index in [2.05, 4.69) is 55.5 Å². The molecule has 0 saturated carbocycles. The molecule has 3 nitrogen and oxygen atoms in total. The largest absolute Gasteiger partial charge is 0.294 e. The Morgan fingerprint density at radius 2 is 1.64 bits per heavy atom. The van der Waals surface area contributed by atoms with Gasteiger partial charge < -0.3 is 0 Å². The van der Waals surface area contributed by atoms with E-state index in [-0.39, 0.29) is 4.90 Å². The van der Waals surface area contributed by atoms with Crippen LogP contribution >= 0.6 is 11.8 Å². The van der Waals surface area contributed by atoms with Crippen molar-refractivity contribution in [1.82, 2.24) is 0 Å². The number of aryl methyl sites for hydroxylation is 2. The molecule has 0 spiro atoms. The van der Waals surface area contributed by atoms with E-state index in [0.29, 0.717) is 5.92 Å². The van der Waals surface area contributed by atoms with Crippen molar-refractivity contribution in [3.8, 4) is 0 Å². The van der Waals surface area contributed by atoms with Crippen molar-refractivity contribution < 1.29 is 13.0 Å². The molecule has 1 unspecified atom stereocenters. The first kappa shape index (κ1) is 20.6. The van der Waals surface area contributed by atoms with Gasteiger partial charge in [-0.15, -0.1) is 11.8 Å². The maximum Gasteiger partial charge on any atom is 0.294 e. The lowest BCUT2D eigenvalue weighted by atomic mass is 9.94. The second-order valence-corrected chi connectivity index (χ2v) is 9.41. The van der Waals surface area contributed by atoms with Crippen LogP contribution in [0.1, 0.15) is 29.0 Å². The molecule has 0 aromatic heterocycles. The van der Waals surface area contributed by atoms with Gasteiger partial charge in [0, 0.05) is 10.6 Å². The summed E-state index contributed by atoms with van der Waals surface area (Å²) in [6.07, 6.45) is 1.81. The topological polar surface area (TPSA) is 54.4 Å². The van der Waals surface area contributed by atoms with Gasteiger partial charge in [-0.25, -0.2) is 0 Å². The summed E-state index contributed by atoms with van der Waals surface area (Å²) < 4.78 is 31.5. The van der Waals surface area contributed by atoms with Gasteiger partial charge >= 0.3 is 0 Å². The summed E-state index contributed by atoms with van der Waals surface area (Å²) in [6.45, 7) is 2.11. The molecule has 1 atom stereocenters. The average Bonchev–Trinajstić information content (AvgIpc) is 2.68. The zero-order chi connectivity index (χ0) is 20.0. The second kappa shape index (κ2) is 9.41. The summed E-state index contributed by atoms with van der Waals surface area (Å²) >= 11 is 1.87. The molecule has 1 N–H and O–H groups in total. The lowest BCUT2D eigenvalue weighted by Crippen LogP contribution is -2.04. The maximum absolute atomic E-state index is 11.2. The van der Waals surface area contributed by atoms with Crippen LogP contribution in [0.15, 0.2) is 88.7 Å². The minimum absolute atomic E-state index is 0.0640. The van der Waals surface area contributed by atoms with Gasteiger partial charge in [-0.1, -0.05) is 60.2 Å². The predicted molar refractivity (Wildman–Crippen MR) is 116 cm³/mol. The van der Waals surface area contributed by atoms with Crippen molar-refractivity contribution in [2.24, 2.45) is 0 Å². The van der Waals surface area contributed by atoms with E-state index in [0.717, 1.165) is 24.2 Å². The molecule has 0 fully saturated rings. The van der Waals surface area contributed by atoms with Gasteiger partial charge in [0.15, 0.2) is 0 Å². The van der Waals surface area contributed by atoms with E-state index in [9.17, 15) is 8.42 Å². The molecular formula is C23H24O3S2. The highest BCUT2D eigenvalue weighted by molar-refractivity contribution is 7.99. The van der Waals surface area contributed by atoms with Crippen molar-refractivity contribution >= 4 is 21.9 Å². The Morgan fingerprint density at radius 3 is 2.29 bits per heavy atom. The van der Waals surface area contributed by atoms with Crippen LogP contribution in [0, 0.1) is 6.92 Å². The third-order valence-electron chi connectivity index (χ3n) is 4.71. The Labute approximate surface area is 171 Å². The number of hydrogen-bond acceptors (Lipinski definition) is 3. The predicted octanol–water partition coefficient (Wildman–Crippen LogP) is 5.75. The summed E-state index contributed by atoms with van der Waals surface area (Å²) in [6, 6.07) is 25.5. The van der Waals surface area contributed by atoms with Crippen LogP contribution in [-0.4, -0.2) is 18.7 Å². The molecule has 0 aliphatic rings. The van der Waals surface area contributed by atoms with E-state index in [1.165, 1.54) is 28.2 Å². The number of hydrogen-bond donors (Lipinski definition) is 1. The Bertz CT molecular complexity index is 998. The van der Waals surface area contributed by atoms with E-state index >= 15 is 0 Å². The normalized spacial score (nSPS) is 12.6. The van der Waals surface area contributed by atoms with Gasteiger partial charge in [0.1, 0.15) is 0 Å². The molecule has 0 amide bonds. The van der Waals surface area contributed by atoms with Crippen LogP contribution in [0.5, 0.6) is 0 Å². The van der Waals surface area contributed by atoms with Crippen LogP contribution in [0.3, 0.4) is 0 Å². The van der Waals surface area contributed by atoms with Crippen LogP contribution in [0.25, 0.3) is 0 Å². The van der Waals surface area contributed by atoms with Gasteiger partial charge in [-0.2, -0.15) is 8.42 Å². The van der Waals surface area contributed by atoms with Gasteiger partial charge in [0.25, 0.3) is 10.1 Å². The number of rotatable bonds is 8. The highest BCUT2D eigenvalue weighted by Gasteiger charge is 2.13. The fourth-order valence-electron chi connectivity index (χ4n) is 3.14. The Morgan fingerprint density at radius 1 is 0.929 bits per heavy atom. The zero-order valence-corrected chi connectivity index (χ0v) is 17.4. The molecule has 28 heavy (non-hydrogen) atoms. The Balaban J connectivity index is 1.69. The first-order valence-corrected chi connectivity index (χ1v) is 11.7. The molecule has 146 valence electrons. The lowest BCUT2D eigenvalue weighted by molar-refractivity contribution is 0.483. The molecule has 0 radical (unpaired) electrons. The van der Waals surface area contributed by atoms with Crippen LogP contribution in [0.2, 0.25) is 0 Å². The molecular weight excluding hydrogens is 388 g/mol. The minimum Gasteiger partial charge on any atom is -0.282 e. The third kappa shape index (κ3) is 5.96. The molecule has 0 aliphatic heterocycles. The Kier molecular flexibility index (Phi) is 6.94. The van der Waals surface area contributed by atoms with E-state index < -0.39 is 10.1 Å². The molecule has 0 heterocycles. The van der Waals surface area contributed by atoms with Crippen LogP contribution in [0.4, 0.5) is 0 Å². The molecule has 3 rings (SSSR count). The van der Waals surface area contributed by atoms with Crippen molar-refractivity contribution in [2.45, 2.75) is 35.5 Å². The fourth-order valence-corrected chi connectivity index (χ4v) is 4.82. The highest BCUT2D eigenvalue weighted by atomic mass is 32.2. The SMILES string of the molecule is Cc1cccc(SCC(CCc2ccc(S(=O)(=O)O)cc2)c2ccccc2)c1. The zero-order valence-electron chi connectivity index (χ0n) is 15.8. The van der Waals surface area contributed by atoms with Gasteiger partial charge in [-0.3, -0.25) is 4.55 Å². The molecule has 5 heteroatoms. The molecule has 3 aromatic rings. The number of benzene rings is 3. The second-order valence-electron chi connectivity index (χ2n) is 6.89. The summed E-state index contributed by atoms with van der Waals surface area (Å²) in [5.74, 6) is 1.38. The van der Waals surface area contributed by atoms with E-state index in [1.54, 1.807) is 12.1 Å². The van der Waals surface area contributed by atoms with Gasteiger partial charge in [-0.05, 0) is 61.1 Å². The smallest absolute Gasteiger partial charge is 0.282 e. The van der Waals surface area contributed by atoms with E-state index in [4.69, 9.17) is 4.55 Å². The summed E-state index contributed by atoms with van der Waals surface area (Å²) in [4.78, 5) is 1.21. The molecule has 3 aromatic carbocycles.